The first-order valence-corrected chi connectivity index (χ1v) is 7.06. The molecule has 3 N–H and O–H groups in total. The Kier molecular flexibility index (Phi) is 3.42. The summed E-state index contributed by atoms with van der Waals surface area (Å²) in [5.41, 5.74) is 8.07. The minimum Gasteiger partial charge on any atom is -0.493 e. The first-order chi connectivity index (χ1) is 9.24. The molecule has 1 aromatic carbocycles. The summed E-state index contributed by atoms with van der Waals surface area (Å²) in [6.07, 6.45) is 5.02. The van der Waals surface area contributed by atoms with Gasteiger partial charge in [-0.15, -0.1) is 0 Å². The predicted octanol–water partition coefficient (Wildman–Crippen LogP) is 2.08. The molecule has 2 aliphatic rings. The third-order valence-corrected chi connectivity index (χ3v) is 4.11. The Hall–Kier alpha value is -1.55. The van der Waals surface area contributed by atoms with Crippen LogP contribution in [0.5, 0.6) is 5.75 Å². The molecule has 4 nitrogen and oxygen atoms in total. The van der Waals surface area contributed by atoms with E-state index in [4.69, 9.17) is 10.5 Å². The number of amides is 1. The second-order valence-corrected chi connectivity index (χ2v) is 5.47. The van der Waals surface area contributed by atoms with Crippen molar-refractivity contribution < 1.29 is 9.53 Å². The van der Waals surface area contributed by atoms with E-state index in [1.54, 1.807) is 0 Å². The zero-order valence-electron chi connectivity index (χ0n) is 11.0. The Labute approximate surface area is 113 Å². The van der Waals surface area contributed by atoms with E-state index in [1.807, 2.05) is 18.2 Å². The fourth-order valence-electron chi connectivity index (χ4n) is 2.98. The van der Waals surface area contributed by atoms with Crippen LogP contribution in [-0.4, -0.2) is 18.6 Å². The molecular weight excluding hydrogens is 240 g/mol. The van der Waals surface area contributed by atoms with Crippen molar-refractivity contribution in [2.45, 2.75) is 38.1 Å². The molecule has 1 heterocycles. The van der Waals surface area contributed by atoms with Crippen LogP contribution in [0.2, 0.25) is 0 Å². The van der Waals surface area contributed by atoms with Crippen LogP contribution >= 0.6 is 0 Å². The van der Waals surface area contributed by atoms with Crippen molar-refractivity contribution in [2.24, 2.45) is 11.7 Å². The second kappa shape index (κ2) is 5.21. The molecule has 1 fully saturated rings. The number of nitrogens with one attached hydrogen (secondary N) is 1. The first-order valence-electron chi connectivity index (χ1n) is 7.06. The number of carbonyl (C=O) groups is 1. The van der Waals surface area contributed by atoms with E-state index in [9.17, 15) is 4.79 Å². The quantitative estimate of drug-likeness (QED) is 0.855. The highest BCUT2D eigenvalue weighted by Gasteiger charge is 2.28. The molecule has 4 heteroatoms. The number of anilines is 1. The lowest BCUT2D eigenvalue weighted by Crippen LogP contribution is -2.40. The molecule has 1 amide bonds. The van der Waals surface area contributed by atoms with Gasteiger partial charge in [-0.2, -0.15) is 0 Å². The summed E-state index contributed by atoms with van der Waals surface area (Å²) in [4.78, 5) is 12.3. The summed E-state index contributed by atoms with van der Waals surface area (Å²) >= 11 is 0. The summed E-state index contributed by atoms with van der Waals surface area (Å²) in [6, 6.07) is 5.84. The van der Waals surface area contributed by atoms with Crippen molar-refractivity contribution >= 4 is 11.6 Å². The highest BCUT2D eigenvalue weighted by Crippen LogP contribution is 2.29. The van der Waals surface area contributed by atoms with Crippen molar-refractivity contribution in [1.29, 1.82) is 0 Å². The van der Waals surface area contributed by atoms with E-state index in [0.717, 1.165) is 50.1 Å². The molecule has 0 bridgehead atoms. The van der Waals surface area contributed by atoms with Crippen LogP contribution in [0, 0.1) is 5.92 Å². The zero-order chi connectivity index (χ0) is 13.2. The lowest BCUT2D eigenvalue weighted by molar-refractivity contribution is -0.121. The van der Waals surface area contributed by atoms with E-state index in [1.165, 1.54) is 5.56 Å². The van der Waals surface area contributed by atoms with Gasteiger partial charge in [-0.05, 0) is 36.6 Å². The molecule has 1 aromatic rings. The molecule has 2 atom stereocenters. The number of rotatable bonds is 2. The van der Waals surface area contributed by atoms with Crippen LogP contribution < -0.4 is 15.8 Å². The molecule has 0 saturated heterocycles. The minimum atomic E-state index is -0.0433. The molecule has 2 unspecified atom stereocenters. The van der Waals surface area contributed by atoms with Gasteiger partial charge in [0.1, 0.15) is 5.75 Å². The normalized spacial score (nSPS) is 25.5. The summed E-state index contributed by atoms with van der Waals surface area (Å²) in [6.45, 7) is 0.736. The summed E-state index contributed by atoms with van der Waals surface area (Å²) in [7, 11) is 0. The fraction of sp³-hybridized carbons (Fsp3) is 0.533. The fourth-order valence-corrected chi connectivity index (χ4v) is 2.98. The van der Waals surface area contributed by atoms with E-state index in [2.05, 4.69) is 5.32 Å². The second-order valence-electron chi connectivity index (χ2n) is 5.47. The first kappa shape index (κ1) is 12.5. The number of ether oxygens (including phenoxy) is 1. The smallest absolute Gasteiger partial charge is 0.229 e. The van der Waals surface area contributed by atoms with Crippen LogP contribution in [0.1, 0.15) is 31.2 Å². The number of fused-ring (bicyclic) bond motifs is 1. The van der Waals surface area contributed by atoms with Gasteiger partial charge < -0.3 is 15.8 Å². The monoisotopic (exact) mass is 260 g/mol. The molecular formula is C15H20N2O2. The Bertz CT molecular complexity index is 487. The van der Waals surface area contributed by atoms with Gasteiger partial charge >= 0.3 is 0 Å². The van der Waals surface area contributed by atoms with Crippen molar-refractivity contribution in [1.82, 2.24) is 0 Å². The van der Waals surface area contributed by atoms with Crippen LogP contribution in [-0.2, 0) is 11.2 Å². The number of benzene rings is 1. The Morgan fingerprint density at radius 2 is 2.16 bits per heavy atom. The van der Waals surface area contributed by atoms with Crippen molar-refractivity contribution in [3.05, 3.63) is 23.8 Å². The number of nitrogens with two attached hydrogens (primary N) is 1. The van der Waals surface area contributed by atoms with Gasteiger partial charge in [0.15, 0.2) is 0 Å². The van der Waals surface area contributed by atoms with Crippen LogP contribution in [0.4, 0.5) is 5.69 Å². The van der Waals surface area contributed by atoms with E-state index in [-0.39, 0.29) is 17.9 Å². The predicted molar refractivity (Wildman–Crippen MR) is 74.2 cm³/mol. The van der Waals surface area contributed by atoms with Gasteiger partial charge in [-0.1, -0.05) is 12.8 Å². The summed E-state index contributed by atoms with van der Waals surface area (Å²) < 4.78 is 5.46. The van der Waals surface area contributed by atoms with Gasteiger partial charge in [0.25, 0.3) is 0 Å². The lowest BCUT2D eigenvalue weighted by atomic mass is 9.84. The molecule has 1 saturated carbocycles. The molecule has 102 valence electrons. The average molecular weight is 260 g/mol. The summed E-state index contributed by atoms with van der Waals surface area (Å²) in [5.74, 6) is 0.955. The topological polar surface area (TPSA) is 64.4 Å². The molecule has 1 aliphatic heterocycles. The lowest BCUT2D eigenvalue weighted by Gasteiger charge is -2.27. The third-order valence-electron chi connectivity index (χ3n) is 4.11. The average Bonchev–Trinajstić information content (AvgIpc) is 2.86. The molecule has 3 rings (SSSR count). The standard InChI is InChI=1S/C15H20N2O2/c16-13-4-2-1-3-12(13)15(18)17-11-5-6-14-10(9-11)7-8-19-14/h5-6,9,12-13H,1-4,7-8,16H2,(H,17,18). The maximum atomic E-state index is 12.3. The van der Waals surface area contributed by atoms with E-state index < -0.39 is 0 Å². The third kappa shape index (κ3) is 2.59. The molecule has 0 radical (unpaired) electrons. The van der Waals surface area contributed by atoms with Gasteiger partial charge in [-0.25, -0.2) is 0 Å². The Balaban J connectivity index is 1.69. The molecule has 0 aromatic heterocycles. The Morgan fingerprint density at radius 1 is 1.32 bits per heavy atom. The SMILES string of the molecule is NC1CCCCC1C(=O)Nc1ccc2c(c1)CCO2. The molecule has 0 spiro atoms. The highest BCUT2D eigenvalue weighted by atomic mass is 16.5. The maximum absolute atomic E-state index is 12.3. The summed E-state index contributed by atoms with van der Waals surface area (Å²) in [5, 5.41) is 3.00. The van der Waals surface area contributed by atoms with Crippen LogP contribution in [0.15, 0.2) is 18.2 Å². The minimum absolute atomic E-state index is 0.00603. The maximum Gasteiger partial charge on any atom is 0.229 e. The van der Waals surface area contributed by atoms with Crippen LogP contribution in [0.3, 0.4) is 0 Å². The number of hydrogen-bond donors (Lipinski definition) is 2. The van der Waals surface area contributed by atoms with Gasteiger partial charge in [-0.3, -0.25) is 4.79 Å². The van der Waals surface area contributed by atoms with Gasteiger partial charge in [0.05, 0.1) is 12.5 Å². The van der Waals surface area contributed by atoms with Gasteiger partial charge in [0, 0.05) is 18.2 Å². The van der Waals surface area contributed by atoms with Crippen LogP contribution in [0.25, 0.3) is 0 Å². The zero-order valence-corrected chi connectivity index (χ0v) is 11.0. The van der Waals surface area contributed by atoms with Crippen molar-refractivity contribution in [2.75, 3.05) is 11.9 Å². The van der Waals surface area contributed by atoms with E-state index >= 15 is 0 Å². The highest BCUT2D eigenvalue weighted by molar-refractivity contribution is 5.93. The van der Waals surface area contributed by atoms with Crippen molar-refractivity contribution in [3.8, 4) is 5.75 Å². The molecule has 1 aliphatic carbocycles. The van der Waals surface area contributed by atoms with Gasteiger partial charge in [0.2, 0.25) is 5.91 Å². The number of carbonyl (C=O) groups excluding carboxylic acids is 1. The van der Waals surface area contributed by atoms with Crippen molar-refractivity contribution in [3.63, 3.8) is 0 Å². The Morgan fingerprint density at radius 3 is 3.00 bits per heavy atom. The number of hydrogen-bond acceptors (Lipinski definition) is 3. The molecule has 19 heavy (non-hydrogen) atoms. The largest absolute Gasteiger partial charge is 0.493 e. The van der Waals surface area contributed by atoms with E-state index in [0.29, 0.717) is 0 Å².